The van der Waals surface area contributed by atoms with Crippen molar-refractivity contribution in [2.45, 2.75) is 50.1 Å². The molecule has 1 unspecified atom stereocenters. The molecule has 17 heavy (non-hydrogen) atoms. The van der Waals surface area contributed by atoms with Crippen LogP contribution >= 0.6 is 15.9 Å². The van der Waals surface area contributed by atoms with Crippen molar-refractivity contribution in [1.29, 1.82) is 0 Å². The summed E-state index contributed by atoms with van der Waals surface area (Å²) in [6.07, 6.45) is -13.8. The van der Waals surface area contributed by atoms with Gasteiger partial charge in [0.15, 0.2) is 0 Å². The van der Waals surface area contributed by atoms with Crippen LogP contribution in [0, 0.1) is 0 Å². The SMILES string of the molecule is FC(F)(F)CC(F)(CCCCCBr)C(F)(F)F. The maximum Gasteiger partial charge on any atom is 0.422 e. The Labute approximate surface area is 103 Å². The van der Waals surface area contributed by atoms with Gasteiger partial charge in [0.2, 0.25) is 5.67 Å². The lowest BCUT2D eigenvalue weighted by atomic mass is 9.93. The summed E-state index contributed by atoms with van der Waals surface area (Å²) in [4.78, 5) is 0. The molecule has 0 rings (SSSR count). The Kier molecular flexibility index (Phi) is 6.24. The first-order valence-corrected chi connectivity index (χ1v) is 6.02. The summed E-state index contributed by atoms with van der Waals surface area (Å²) < 4.78 is 85.9. The molecule has 0 saturated heterocycles. The van der Waals surface area contributed by atoms with E-state index in [2.05, 4.69) is 15.9 Å². The third-order valence-corrected chi connectivity index (χ3v) is 2.76. The van der Waals surface area contributed by atoms with E-state index in [1.165, 1.54) is 0 Å². The van der Waals surface area contributed by atoms with Crippen LogP contribution < -0.4 is 0 Å². The smallest absolute Gasteiger partial charge is 0.233 e. The van der Waals surface area contributed by atoms with Gasteiger partial charge < -0.3 is 0 Å². The fourth-order valence-corrected chi connectivity index (χ4v) is 1.72. The van der Waals surface area contributed by atoms with Crippen LogP contribution in [-0.4, -0.2) is 23.4 Å². The quantitative estimate of drug-likeness (QED) is 0.358. The monoisotopic (exact) mass is 332 g/mol. The summed E-state index contributed by atoms with van der Waals surface area (Å²) in [5.74, 6) is 0. The summed E-state index contributed by atoms with van der Waals surface area (Å²) in [7, 11) is 0. The van der Waals surface area contributed by atoms with E-state index in [1.54, 1.807) is 0 Å². The molecule has 0 aliphatic carbocycles. The zero-order chi connectivity index (χ0) is 13.7. The van der Waals surface area contributed by atoms with E-state index in [4.69, 9.17) is 0 Å². The molecule has 0 aromatic carbocycles. The molecule has 1 atom stereocenters. The summed E-state index contributed by atoms with van der Waals surface area (Å²) in [5.41, 5.74) is -4.17. The largest absolute Gasteiger partial charge is 0.422 e. The Morgan fingerprint density at radius 3 is 1.65 bits per heavy atom. The van der Waals surface area contributed by atoms with Crippen molar-refractivity contribution in [2.75, 3.05) is 5.33 Å². The van der Waals surface area contributed by atoms with E-state index >= 15 is 0 Å². The maximum atomic E-state index is 13.4. The first-order valence-electron chi connectivity index (χ1n) is 4.90. The van der Waals surface area contributed by atoms with Crippen LogP contribution in [0.5, 0.6) is 0 Å². The van der Waals surface area contributed by atoms with E-state index in [1.807, 2.05) is 0 Å². The Bertz CT molecular complexity index is 222. The highest BCUT2D eigenvalue weighted by Crippen LogP contribution is 2.45. The van der Waals surface area contributed by atoms with Crippen molar-refractivity contribution >= 4 is 15.9 Å². The minimum absolute atomic E-state index is 0.225. The van der Waals surface area contributed by atoms with Crippen molar-refractivity contribution < 1.29 is 30.7 Å². The van der Waals surface area contributed by atoms with Crippen molar-refractivity contribution in [1.82, 2.24) is 0 Å². The van der Waals surface area contributed by atoms with Crippen LogP contribution in [0.2, 0.25) is 0 Å². The topological polar surface area (TPSA) is 0 Å². The van der Waals surface area contributed by atoms with Crippen molar-refractivity contribution in [3.63, 3.8) is 0 Å². The van der Waals surface area contributed by atoms with E-state index in [0.717, 1.165) is 0 Å². The highest BCUT2D eigenvalue weighted by atomic mass is 79.9. The Morgan fingerprint density at radius 2 is 1.29 bits per heavy atom. The molecular formula is C9H12BrF7. The van der Waals surface area contributed by atoms with Crippen LogP contribution in [-0.2, 0) is 0 Å². The molecule has 0 aromatic heterocycles. The molecule has 0 heterocycles. The number of halogens is 8. The molecule has 0 spiro atoms. The molecule has 0 fully saturated rings. The predicted molar refractivity (Wildman–Crippen MR) is 52.8 cm³/mol. The zero-order valence-corrected chi connectivity index (χ0v) is 10.4. The number of rotatable bonds is 6. The normalized spacial score (nSPS) is 16.9. The van der Waals surface area contributed by atoms with Gasteiger partial charge in [-0.05, 0) is 19.3 Å². The molecular weight excluding hydrogens is 321 g/mol. The molecule has 0 bridgehead atoms. The average Bonchev–Trinajstić information content (AvgIpc) is 2.08. The first kappa shape index (κ1) is 17.0. The zero-order valence-electron chi connectivity index (χ0n) is 8.77. The second-order valence-electron chi connectivity index (χ2n) is 3.75. The minimum Gasteiger partial charge on any atom is -0.233 e. The Hall–Kier alpha value is -0.0100. The summed E-state index contributed by atoms with van der Waals surface area (Å²) >= 11 is 3.02. The van der Waals surface area contributed by atoms with Gasteiger partial charge in [-0.2, -0.15) is 26.3 Å². The molecule has 0 saturated carbocycles. The van der Waals surface area contributed by atoms with E-state index in [0.29, 0.717) is 11.8 Å². The van der Waals surface area contributed by atoms with Gasteiger partial charge in [-0.25, -0.2) is 4.39 Å². The molecule has 0 N–H and O–H groups in total. The standard InChI is InChI=1S/C9H12BrF7/c10-5-3-1-2-4-7(11,9(15,16)17)6-8(12,13)14/h1-6H2. The Balaban J connectivity index is 4.53. The van der Waals surface area contributed by atoms with Crippen molar-refractivity contribution in [3.8, 4) is 0 Å². The first-order chi connectivity index (χ1) is 7.52. The van der Waals surface area contributed by atoms with E-state index in [9.17, 15) is 30.7 Å². The molecule has 0 aliphatic heterocycles. The highest BCUT2D eigenvalue weighted by molar-refractivity contribution is 9.09. The number of unbranched alkanes of at least 4 members (excludes halogenated alkanes) is 2. The third kappa shape index (κ3) is 6.47. The van der Waals surface area contributed by atoms with Crippen molar-refractivity contribution in [3.05, 3.63) is 0 Å². The van der Waals surface area contributed by atoms with Gasteiger partial charge in [-0.1, -0.05) is 22.4 Å². The number of hydrogen-bond donors (Lipinski definition) is 0. The van der Waals surface area contributed by atoms with Crippen LogP contribution in [0.1, 0.15) is 32.1 Å². The second-order valence-corrected chi connectivity index (χ2v) is 4.55. The van der Waals surface area contributed by atoms with Gasteiger partial charge in [0.25, 0.3) is 0 Å². The minimum atomic E-state index is -5.49. The highest BCUT2D eigenvalue weighted by Gasteiger charge is 2.60. The maximum absolute atomic E-state index is 13.4. The predicted octanol–water partition coefficient (Wildman–Crippen LogP) is 5.16. The Morgan fingerprint density at radius 1 is 0.765 bits per heavy atom. The summed E-state index contributed by atoms with van der Waals surface area (Å²) in [6.45, 7) is 0. The van der Waals surface area contributed by atoms with Gasteiger partial charge in [0, 0.05) is 5.33 Å². The lowest BCUT2D eigenvalue weighted by molar-refractivity contribution is -0.270. The fourth-order valence-electron chi connectivity index (χ4n) is 1.32. The number of alkyl halides is 8. The van der Waals surface area contributed by atoms with Crippen LogP contribution in [0.15, 0.2) is 0 Å². The third-order valence-electron chi connectivity index (χ3n) is 2.20. The van der Waals surface area contributed by atoms with Gasteiger partial charge in [0.1, 0.15) is 0 Å². The molecule has 0 nitrogen and oxygen atoms in total. The van der Waals surface area contributed by atoms with Gasteiger partial charge in [0.05, 0.1) is 6.42 Å². The summed E-state index contributed by atoms with van der Waals surface area (Å²) in [5, 5.41) is 0.525. The van der Waals surface area contributed by atoms with E-state index < -0.39 is 30.9 Å². The molecule has 0 aromatic rings. The average molecular weight is 333 g/mol. The van der Waals surface area contributed by atoms with Gasteiger partial charge >= 0.3 is 12.4 Å². The molecule has 8 heteroatoms. The van der Waals surface area contributed by atoms with Crippen LogP contribution in [0.4, 0.5) is 30.7 Å². The fraction of sp³-hybridized carbons (Fsp3) is 1.00. The van der Waals surface area contributed by atoms with Crippen molar-refractivity contribution in [2.24, 2.45) is 0 Å². The van der Waals surface area contributed by atoms with E-state index in [-0.39, 0.29) is 12.8 Å². The molecule has 0 amide bonds. The number of hydrogen-bond acceptors (Lipinski definition) is 0. The second kappa shape index (κ2) is 6.24. The lowest BCUT2D eigenvalue weighted by Crippen LogP contribution is -2.44. The molecule has 104 valence electrons. The molecule has 0 radical (unpaired) electrons. The lowest BCUT2D eigenvalue weighted by Gasteiger charge is -2.28. The summed E-state index contributed by atoms with van der Waals surface area (Å²) in [6, 6.07) is 0. The molecule has 0 aliphatic rings. The van der Waals surface area contributed by atoms with Gasteiger partial charge in [-0.3, -0.25) is 0 Å². The van der Waals surface area contributed by atoms with Crippen LogP contribution in [0.25, 0.3) is 0 Å². The van der Waals surface area contributed by atoms with Crippen LogP contribution in [0.3, 0.4) is 0 Å². The van der Waals surface area contributed by atoms with Gasteiger partial charge in [-0.15, -0.1) is 0 Å².